The van der Waals surface area contributed by atoms with Crippen molar-refractivity contribution in [1.82, 2.24) is 29.6 Å². The van der Waals surface area contributed by atoms with E-state index in [1.54, 1.807) is 68.4 Å². The van der Waals surface area contributed by atoms with Crippen molar-refractivity contribution in [2.45, 2.75) is 19.5 Å². The summed E-state index contributed by atoms with van der Waals surface area (Å²) in [5.41, 5.74) is 1.39. The molecule has 0 aliphatic rings. The fraction of sp³-hybridized carbons (Fsp3) is 0.481. The van der Waals surface area contributed by atoms with Crippen molar-refractivity contribution in [3.8, 4) is 0 Å². The van der Waals surface area contributed by atoms with Crippen molar-refractivity contribution in [2.75, 3.05) is 65.4 Å². The van der Waals surface area contributed by atoms with Crippen molar-refractivity contribution in [3.05, 3.63) is 60.2 Å². The van der Waals surface area contributed by atoms with E-state index in [2.05, 4.69) is 9.97 Å². The van der Waals surface area contributed by atoms with Gasteiger partial charge in [-0.25, -0.2) is 0 Å². The minimum absolute atomic E-state index is 0.227. The summed E-state index contributed by atoms with van der Waals surface area (Å²) in [6.45, 7) is 1.52. The molecule has 0 atom stereocenters. The molecular formula is C27H38N6O8. The normalized spacial score (nSPS) is 11.4. The van der Waals surface area contributed by atoms with Gasteiger partial charge in [-0.3, -0.25) is 48.7 Å². The average Bonchev–Trinajstić information content (AvgIpc) is 2.90. The first-order valence-corrected chi connectivity index (χ1v) is 13.2. The molecule has 14 nitrogen and oxygen atoms in total. The van der Waals surface area contributed by atoms with Crippen molar-refractivity contribution in [1.29, 1.82) is 0 Å². The Kier molecular flexibility index (Phi) is 14.9. The van der Waals surface area contributed by atoms with Crippen LogP contribution in [-0.2, 0) is 32.3 Å². The van der Waals surface area contributed by atoms with E-state index in [4.69, 9.17) is 0 Å². The summed E-state index contributed by atoms with van der Waals surface area (Å²) in [5, 5.41) is 37.4. The van der Waals surface area contributed by atoms with E-state index in [1.165, 1.54) is 0 Å². The molecule has 0 saturated heterocycles. The van der Waals surface area contributed by atoms with Gasteiger partial charge in [0, 0.05) is 64.8 Å². The third-order valence-corrected chi connectivity index (χ3v) is 6.07. The van der Waals surface area contributed by atoms with Gasteiger partial charge in [0.2, 0.25) is 0 Å². The number of pyridine rings is 2. The Morgan fingerprint density at radius 3 is 1.17 bits per heavy atom. The van der Waals surface area contributed by atoms with Crippen molar-refractivity contribution < 1.29 is 39.6 Å². The van der Waals surface area contributed by atoms with Crippen LogP contribution in [0.25, 0.3) is 0 Å². The zero-order chi connectivity index (χ0) is 30.0. The van der Waals surface area contributed by atoms with E-state index < -0.39 is 23.9 Å². The van der Waals surface area contributed by atoms with E-state index in [1.807, 2.05) is 0 Å². The first-order chi connectivity index (χ1) is 19.6. The average molecular weight is 575 g/mol. The van der Waals surface area contributed by atoms with Gasteiger partial charge in [0.25, 0.3) is 0 Å². The van der Waals surface area contributed by atoms with Gasteiger partial charge >= 0.3 is 23.9 Å². The Balaban J connectivity index is 1.95. The second-order valence-corrected chi connectivity index (χ2v) is 9.54. The Hall–Kier alpha value is -3.98. The van der Waals surface area contributed by atoms with Crippen LogP contribution in [0.5, 0.6) is 0 Å². The molecule has 0 unspecified atom stereocenters. The second kappa shape index (κ2) is 18.4. The highest BCUT2D eigenvalue weighted by molar-refractivity contribution is 5.70. The predicted molar refractivity (Wildman–Crippen MR) is 147 cm³/mol. The van der Waals surface area contributed by atoms with Crippen molar-refractivity contribution in [2.24, 2.45) is 0 Å². The summed E-state index contributed by atoms with van der Waals surface area (Å²) in [5.74, 6) is -4.06. The van der Waals surface area contributed by atoms with E-state index >= 15 is 0 Å². The van der Waals surface area contributed by atoms with Gasteiger partial charge in [0.15, 0.2) is 0 Å². The maximum Gasteiger partial charge on any atom is 0.317 e. The van der Waals surface area contributed by atoms with Crippen LogP contribution in [0.4, 0.5) is 0 Å². The number of nitrogens with zero attached hydrogens (tertiary/aromatic N) is 6. The molecule has 0 aliphatic carbocycles. The fourth-order valence-corrected chi connectivity index (χ4v) is 4.26. The molecule has 0 radical (unpaired) electrons. The molecule has 41 heavy (non-hydrogen) atoms. The molecule has 0 saturated carbocycles. The van der Waals surface area contributed by atoms with Crippen LogP contribution >= 0.6 is 0 Å². The molecule has 2 heterocycles. The molecule has 0 aromatic carbocycles. The smallest absolute Gasteiger partial charge is 0.317 e. The number of aliphatic carboxylic acids is 4. The number of hydrogen-bond acceptors (Lipinski definition) is 10. The maximum atomic E-state index is 11.5. The molecule has 14 heteroatoms. The molecule has 4 N–H and O–H groups in total. The van der Waals surface area contributed by atoms with Gasteiger partial charge in [-0.1, -0.05) is 12.1 Å². The number of rotatable bonds is 22. The standard InChI is InChI=1S/C27H38N6O8/c34-24(35)18-30(12-14-32(20-26(38)39)16-22-6-1-3-8-28-22)10-5-11-31(19-25(36)37)13-15-33(21-27(40)41)17-23-7-2-4-9-29-23/h1-4,6-9H,5,10-21H2,(H,34,35)(H,36,37)(H,38,39)(H,40,41). The highest BCUT2D eigenvalue weighted by Crippen LogP contribution is 2.05. The van der Waals surface area contributed by atoms with Crippen LogP contribution in [-0.4, -0.2) is 139 Å². The van der Waals surface area contributed by atoms with E-state index in [-0.39, 0.29) is 26.2 Å². The van der Waals surface area contributed by atoms with Crippen LogP contribution in [0, 0.1) is 0 Å². The van der Waals surface area contributed by atoms with Crippen LogP contribution in [0.15, 0.2) is 48.8 Å². The van der Waals surface area contributed by atoms with Gasteiger partial charge in [-0.05, 0) is 30.7 Å². The van der Waals surface area contributed by atoms with Crippen LogP contribution in [0.3, 0.4) is 0 Å². The lowest BCUT2D eigenvalue weighted by atomic mass is 10.3. The Morgan fingerprint density at radius 2 is 0.854 bits per heavy atom. The second-order valence-electron chi connectivity index (χ2n) is 9.54. The van der Waals surface area contributed by atoms with E-state index in [9.17, 15) is 39.6 Å². The van der Waals surface area contributed by atoms with E-state index in [0.717, 1.165) is 0 Å². The first-order valence-electron chi connectivity index (χ1n) is 13.2. The summed E-state index contributed by atoms with van der Waals surface area (Å²) in [6.07, 6.45) is 3.69. The van der Waals surface area contributed by atoms with Gasteiger partial charge in [0.05, 0.1) is 37.6 Å². The molecule has 0 amide bonds. The van der Waals surface area contributed by atoms with Crippen LogP contribution in [0.2, 0.25) is 0 Å². The summed E-state index contributed by atoms with van der Waals surface area (Å²) in [4.78, 5) is 60.9. The summed E-state index contributed by atoms with van der Waals surface area (Å²) >= 11 is 0. The lowest BCUT2D eigenvalue weighted by Crippen LogP contribution is -2.42. The van der Waals surface area contributed by atoms with Gasteiger partial charge in [-0.15, -0.1) is 0 Å². The SMILES string of the molecule is O=C(O)CN(CCCN(CCN(CC(=O)O)Cc1ccccn1)CC(=O)O)CCN(CC(=O)O)Cc1ccccn1. The van der Waals surface area contributed by atoms with Crippen LogP contribution in [0.1, 0.15) is 17.8 Å². The molecule has 0 spiro atoms. The molecule has 224 valence electrons. The largest absolute Gasteiger partial charge is 0.480 e. The molecule has 2 aromatic heterocycles. The molecule has 2 rings (SSSR count). The lowest BCUT2D eigenvalue weighted by molar-refractivity contribution is -0.140. The molecule has 0 bridgehead atoms. The van der Waals surface area contributed by atoms with Gasteiger partial charge in [-0.2, -0.15) is 0 Å². The van der Waals surface area contributed by atoms with E-state index in [0.29, 0.717) is 70.2 Å². The third kappa shape index (κ3) is 15.4. The molecule has 0 fully saturated rings. The topological polar surface area (TPSA) is 188 Å². The first kappa shape index (κ1) is 33.2. The number of carboxylic acid groups (broad SMARTS) is 4. The number of carbonyl (C=O) groups is 4. The van der Waals surface area contributed by atoms with Crippen molar-refractivity contribution >= 4 is 23.9 Å². The lowest BCUT2D eigenvalue weighted by Gasteiger charge is -2.28. The summed E-state index contributed by atoms with van der Waals surface area (Å²) < 4.78 is 0. The highest BCUT2D eigenvalue weighted by Gasteiger charge is 2.18. The quantitative estimate of drug-likeness (QED) is 0.148. The number of carboxylic acids is 4. The monoisotopic (exact) mass is 574 g/mol. The summed E-state index contributed by atoms with van der Waals surface area (Å²) in [6, 6.07) is 10.7. The van der Waals surface area contributed by atoms with Gasteiger partial charge in [0.1, 0.15) is 0 Å². The highest BCUT2D eigenvalue weighted by atomic mass is 16.4. The Bertz CT molecular complexity index is 1010. The van der Waals surface area contributed by atoms with Crippen molar-refractivity contribution in [3.63, 3.8) is 0 Å². The van der Waals surface area contributed by atoms with Crippen LogP contribution < -0.4 is 0 Å². The molecule has 2 aromatic rings. The molecule has 0 aliphatic heterocycles. The Morgan fingerprint density at radius 1 is 0.512 bits per heavy atom. The van der Waals surface area contributed by atoms with Gasteiger partial charge < -0.3 is 20.4 Å². The zero-order valence-corrected chi connectivity index (χ0v) is 22.9. The summed E-state index contributed by atoms with van der Waals surface area (Å²) in [7, 11) is 0. The number of hydrogen-bond donors (Lipinski definition) is 4. The minimum Gasteiger partial charge on any atom is -0.480 e. The maximum absolute atomic E-state index is 11.5. The third-order valence-electron chi connectivity index (χ3n) is 6.07. The fourth-order valence-electron chi connectivity index (χ4n) is 4.26. The predicted octanol–water partition coefficient (Wildman–Crippen LogP) is 0.113. The number of aromatic nitrogens is 2. The Labute approximate surface area is 238 Å². The zero-order valence-electron chi connectivity index (χ0n) is 22.9. The molecular weight excluding hydrogens is 536 g/mol. The minimum atomic E-state index is -1.03.